The zero-order valence-corrected chi connectivity index (χ0v) is 17.0. The smallest absolute Gasteiger partial charge is 0.270 e. The highest BCUT2D eigenvalue weighted by Gasteiger charge is 2.25. The maximum absolute atomic E-state index is 13.0. The molecule has 9 nitrogen and oxygen atoms in total. The van der Waals surface area contributed by atoms with Crippen molar-refractivity contribution in [3.8, 4) is 11.5 Å². The normalized spacial score (nSPS) is 14.6. The second kappa shape index (κ2) is 8.78. The van der Waals surface area contributed by atoms with Gasteiger partial charge in [-0.15, -0.1) is 0 Å². The molecule has 1 aliphatic rings. The molecule has 0 bridgehead atoms. The van der Waals surface area contributed by atoms with E-state index in [2.05, 4.69) is 15.0 Å². The van der Waals surface area contributed by atoms with Crippen LogP contribution in [0.5, 0.6) is 0 Å². The molecule has 1 saturated heterocycles. The average molecular weight is 446 g/mol. The fourth-order valence-corrected chi connectivity index (χ4v) is 3.55. The molecular formula is C20H17ClFN5O4. The van der Waals surface area contributed by atoms with Gasteiger partial charge < -0.3 is 9.42 Å². The highest BCUT2D eigenvalue weighted by molar-refractivity contribution is 6.34. The Labute approximate surface area is 181 Å². The molecule has 160 valence electrons. The van der Waals surface area contributed by atoms with E-state index in [4.69, 9.17) is 16.1 Å². The number of rotatable bonds is 5. The third-order valence-electron chi connectivity index (χ3n) is 4.98. The number of piperazine rings is 1. The molecule has 0 saturated carbocycles. The number of non-ortho nitro benzene ring substituents is 1. The second-order valence-electron chi connectivity index (χ2n) is 7.01. The summed E-state index contributed by atoms with van der Waals surface area (Å²) in [6, 6.07) is 9.62. The summed E-state index contributed by atoms with van der Waals surface area (Å²) in [4.78, 5) is 31.1. The van der Waals surface area contributed by atoms with E-state index in [1.165, 1.54) is 30.3 Å². The van der Waals surface area contributed by atoms with Gasteiger partial charge in [0.05, 0.1) is 22.1 Å². The van der Waals surface area contributed by atoms with Crippen molar-refractivity contribution >= 4 is 23.2 Å². The summed E-state index contributed by atoms with van der Waals surface area (Å²) in [6.45, 7) is 2.57. The van der Waals surface area contributed by atoms with E-state index in [-0.39, 0.29) is 28.0 Å². The maximum Gasteiger partial charge on any atom is 0.270 e. The minimum absolute atomic E-state index is 0.0572. The molecule has 1 aliphatic heterocycles. The molecule has 2 aromatic carbocycles. The molecule has 2 heterocycles. The Morgan fingerprint density at radius 2 is 1.87 bits per heavy atom. The van der Waals surface area contributed by atoms with Gasteiger partial charge in [-0.05, 0) is 30.3 Å². The summed E-state index contributed by atoms with van der Waals surface area (Å²) >= 11 is 6.07. The van der Waals surface area contributed by atoms with Crippen molar-refractivity contribution in [2.45, 2.75) is 6.54 Å². The van der Waals surface area contributed by atoms with Crippen molar-refractivity contribution in [1.82, 2.24) is 19.9 Å². The lowest BCUT2D eigenvalue weighted by atomic mass is 10.1. The number of carbonyl (C=O) groups excluding carboxylic acids is 1. The molecular weight excluding hydrogens is 429 g/mol. The number of nitro benzene ring substituents is 1. The van der Waals surface area contributed by atoms with E-state index < -0.39 is 4.92 Å². The van der Waals surface area contributed by atoms with Gasteiger partial charge >= 0.3 is 0 Å². The average Bonchev–Trinajstić information content (AvgIpc) is 3.22. The third kappa shape index (κ3) is 4.70. The van der Waals surface area contributed by atoms with Gasteiger partial charge in [0, 0.05) is 43.9 Å². The highest BCUT2D eigenvalue weighted by Crippen LogP contribution is 2.24. The van der Waals surface area contributed by atoms with Crippen LogP contribution >= 0.6 is 11.6 Å². The Hall–Kier alpha value is -3.37. The maximum atomic E-state index is 13.0. The van der Waals surface area contributed by atoms with E-state index in [9.17, 15) is 19.3 Å². The number of hydrogen-bond donors (Lipinski definition) is 0. The molecule has 0 radical (unpaired) electrons. The summed E-state index contributed by atoms with van der Waals surface area (Å²) in [5, 5.41) is 14.9. The van der Waals surface area contributed by atoms with E-state index in [0.29, 0.717) is 50.0 Å². The van der Waals surface area contributed by atoms with Gasteiger partial charge in [-0.1, -0.05) is 16.8 Å². The predicted molar refractivity (Wildman–Crippen MR) is 109 cm³/mol. The van der Waals surface area contributed by atoms with Crippen molar-refractivity contribution in [3.05, 3.63) is 74.8 Å². The van der Waals surface area contributed by atoms with E-state index in [1.54, 1.807) is 17.0 Å². The minimum Gasteiger partial charge on any atom is -0.336 e. The first-order valence-corrected chi connectivity index (χ1v) is 9.82. The largest absolute Gasteiger partial charge is 0.336 e. The van der Waals surface area contributed by atoms with Gasteiger partial charge in [-0.2, -0.15) is 4.98 Å². The molecule has 1 fully saturated rings. The van der Waals surface area contributed by atoms with Gasteiger partial charge in [-0.25, -0.2) is 4.39 Å². The molecule has 1 amide bonds. The van der Waals surface area contributed by atoms with Gasteiger partial charge in [-0.3, -0.25) is 19.8 Å². The topological polar surface area (TPSA) is 106 Å². The second-order valence-corrected chi connectivity index (χ2v) is 7.42. The van der Waals surface area contributed by atoms with Gasteiger partial charge in [0.25, 0.3) is 17.5 Å². The number of nitro groups is 1. The van der Waals surface area contributed by atoms with Crippen LogP contribution < -0.4 is 0 Å². The predicted octanol–water partition coefficient (Wildman–Crippen LogP) is 3.40. The number of benzene rings is 2. The lowest BCUT2D eigenvalue weighted by Crippen LogP contribution is -2.48. The van der Waals surface area contributed by atoms with Gasteiger partial charge in [0.15, 0.2) is 5.82 Å². The molecule has 0 atom stereocenters. The summed E-state index contributed by atoms with van der Waals surface area (Å²) < 4.78 is 18.3. The highest BCUT2D eigenvalue weighted by atomic mass is 35.5. The molecule has 0 spiro atoms. The molecule has 0 aliphatic carbocycles. The van der Waals surface area contributed by atoms with Crippen LogP contribution in [0.15, 0.2) is 47.0 Å². The molecule has 4 rings (SSSR count). The van der Waals surface area contributed by atoms with Crippen LogP contribution in [0.3, 0.4) is 0 Å². The minimum atomic E-state index is -0.557. The fourth-order valence-electron chi connectivity index (χ4n) is 3.30. The Kier molecular flexibility index (Phi) is 5.92. The number of nitrogens with zero attached hydrogens (tertiary/aromatic N) is 5. The quantitative estimate of drug-likeness (QED) is 0.437. The zero-order chi connectivity index (χ0) is 22.0. The van der Waals surface area contributed by atoms with Crippen molar-refractivity contribution in [1.29, 1.82) is 0 Å². The van der Waals surface area contributed by atoms with Crippen molar-refractivity contribution in [3.63, 3.8) is 0 Å². The van der Waals surface area contributed by atoms with Crippen molar-refractivity contribution in [2.24, 2.45) is 0 Å². The van der Waals surface area contributed by atoms with Crippen LogP contribution in [0.25, 0.3) is 11.5 Å². The molecule has 0 N–H and O–H groups in total. The Morgan fingerprint density at radius 1 is 1.16 bits per heavy atom. The summed E-state index contributed by atoms with van der Waals surface area (Å²) in [7, 11) is 0. The standard InChI is InChI=1S/C20H17ClFN5O4/c21-17-11-15(27(29)30)5-6-16(17)20(28)26-9-7-25(8-10-26)12-18-23-19(31-24-18)13-1-3-14(22)4-2-13/h1-6,11H,7-10,12H2. The van der Waals surface area contributed by atoms with Crippen molar-refractivity contribution in [2.75, 3.05) is 26.2 Å². The first-order valence-electron chi connectivity index (χ1n) is 9.45. The van der Waals surface area contributed by atoms with Crippen LogP contribution in [0.4, 0.5) is 10.1 Å². The number of carbonyl (C=O) groups is 1. The van der Waals surface area contributed by atoms with E-state index >= 15 is 0 Å². The van der Waals surface area contributed by atoms with E-state index in [1.807, 2.05) is 0 Å². The van der Waals surface area contributed by atoms with E-state index in [0.717, 1.165) is 0 Å². The van der Waals surface area contributed by atoms with Crippen LogP contribution in [0.2, 0.25) is 5.02 Å². The van der Waals surface area contributed by atoms with Crippen LogP contribution in [0, 0.1) is 15.9 Å². The Bertz CT molecular complexity index is 1110. The lowest BCUT2D eigenvalue weighted by Gasteiger charge is -2.34. The molecule has 0 unspecified atom stereocenters. The number of halogens is 2. The first kappa shape index (κ1) is 20.9. The molecule has 3 aromatic rings. The number of aromatic nitrogens is 2. The number of hydrogen-bond acceptors (Lipinski definition) is 7. The third-order valence-corrected chi connectivity index (χ3v) is 5.29. The lowest BCUT2D eigenvalue weighted by molar-refractivity contribution is -0.384. The number of amides is 1. The Morgan fingerprint density at radius 3 is 2.52 bits per heavy atom. The van der Waals surface area contributed by atoms with Gasteiger partial charge in [0.2, 0.25) is 0 Å². The summed E-state index contributed by atoms with van der Waals surface area (Å²) in [5.41, 5.74) is 0.713. The summed E-state index contributed by atoms with van der Waals surface area (Å²) in [5.74, 6) is 0.206. The Balaban J connectivity index is 1.34. The zero-order valence-electron chi connectivity index (χ0n) is 16.2. The molecule has 11 heteroatoms. The van der Waals surface area contributed by atoms with Gasteiger partial charge in [0.1, 0.15) is 5.82 Å². The fraction of sp³-hybridized carbons (Fsp3) is 0.250. The molecule has 31 heavy (non-hydrogen) atoms. The molecule has 1 aromatic heterocycles. The first-order chi connectivity index (χ1) is 14.9. The SMILES string of the molecule is O=C(c1ccc([N+](=O)[O-])cc1Cl)N1CCN(Cc2noc(-c3ccc(F)cc3)n2)CC1. The monoisotopic (exact) mass is 445 g/mol. The van der Waals surface area contributed by atoms with Crippen LogP contribution in [-0.2, 0) is 6.54 Å². The van der Waals surface area contributed by atoms with Crippen LogP contribution in [-0.4, -0.2) is 56.9 Å². The summed E-state index contributed by atoms with van der Waals surface area (Å²) in [6.07, 6.45) is 0. The van der Waals surface area contributed by atoms with Crippen molar-refractivity contribution < 1.29 is 18.6 Å². The van der Waals surface area contributed by atoms with Crippen LogP contribution in [0.1, 0.15) is 16.2 Å².